The van der Waals surface area contributed by atoms with Gasteiger partial charge in [-0.25, -0.2) is 4.79 Å². The molecule has 1 saturated carbocycles. The maximum atomic E-state index is 13.2. The summed E-state index contributed by atoms with van der Waals surface area (Å²) in [5, 5.41) is 0.431. The number of rotatable bonds is 5. The second kappa shape index (κ2) is 6.99. The van der Waals surface area contributed by atoms with Gasteiger partial charge < -0.3 is 9.15 Å². The van der Waals surface area contributed by atoms with E-state index in [0.717, 1.165) is 29.9 Å². The predicted molar refractivity (Wildman–Crippen MR) is 102 cm³/mol. The van der Waals surface area contributed by atoms with E-state index in [9.17, 15) is 9.59 Å². The minimum atomic E-state index is -0.463. The molecule has 2 atom stereocenters. The Labute approximate surface area is 157 Å². The number of carbonyl (C=O) groups is 1. The number of hydrogen-bond acceptors (Lipinski definition) is 5. The quantitative estimate of drug-likeness (QED) is 0.636. The Bertz CT molecular complexity index is 1060. The molecule has 2 unspecified atom stereocenters. The number of carbonyl (C=O) groups excluding carboxylic acids is 1. The molecule has 138 valence electrons. The van der Waals surface area contributed by atoms with Gasteiger partial charge in [0.15, 0.2) is 5.43 Å². The van der Waals surface area contributed by atoms with Crippen LogP contribution in [0.3, 0.4) is 0 Å². The van der Waals surface area contributed by atoms with Crippen LogP contribution in [0.25, 0.3) is 11.0 Å². The monoisotopic (exact) mass is 363 g/mol. The maximum absolute atomic E-state index is 13.2. The third-order valence-corrected chi connectivity index (χ3v) is 5.13. The number of nitrogens with zero attached hydrogens (tertiary/aromatic N) is 1. The van der Waals surface area contributed by atoms with Crippen molar-refractivity contribution in [1.29, 1.82) is 0 Å². The van der Waals surface area contributed by atoms with Crippen LogP contribution in [0.5, 0.6) is 0 Å². The molecule has 5 nitrogen and oxygen atoms in total. The number of hydrogen-bond donors (Lipinski definition) is 0. The molecule has 0 spiro atoms. The topological polar surface area (TPSA) is 69.4 Å². The van der Waals surface area contributed by atoms with E-state index in [1.165, 1.54) is 7.11 Å². The first kappa shape index (κ1) is 17.5. The Hall–Kier alpha value is -2.95. The fraction of sp³-hybridized carbons (Fsp3) is 0.318. The van der Waals surface area contributed by atoms with Crippen molar-refractivity contribution in [2.24, 2.45) is 0 Å². The second-order valence-corrected chi connectivity index (χ2v) is 6.93. The van der Waals surface area contributed by atoms with Gasteiger partial charge in [-0.15, -0.1) is 0 Å². The summed E-state index contributed by atoms with van der Waals surface area (Å²) in [5.74, 6) is 0.779. The molecule has 5 heteroatoms. The van der Waals surface area contributed by atoms with Crippen LogP contribution >= 0.6 is 0 Å². The first-order chi connectivity index (χ1) is 13.1. The first-order valence-electron chi connectivity index (χ1n) is 9.23. The molecule has 1 fully saturated rings. The summed E-state index contributed by atoms with van der Waals surface area (Å²) >= 11 is 0. The average molecular weight is 363 g/mol. The number of methoxy groups -OCH3 is 1. The fourth-order valence-corrected chi connectivity index (χ4v) is 3.69. The van der Waals surface area contributed by atoms with Crippen molar-refractivity contribution >= 4 is 16.9 Å². The third kappa shape index (κ3) is 3.14. The van der Waals surface area contributed by atoms with Gasteiger partial charge in [0.25, 0.3) is 0 Å². The zero-order chi connectivity index (χ0) is 19.0. The molecule has 27 heavy (non-hydrogen) atoms. The summed E-state index contributed by atoms with van der Waals surface area (Å²) in [6.07, 6.45) is 4.23. The lowest BCUT2D eigenvalue weighted by molar-refractivity contribution is 0.0601. The van der Waals surface area contributed by atoms with Gasteiger partial charge in [-0.1, -0.05) is 19.4 Å². The normalized spacial score (nSPS) is 18.4. The highest BCUT2D eigenvalue weighted by molar-refractivity contribution is 5.94. The summed E-state index contributed by atoms with van der Waals surface area (Å²) in [5.41, 5.74) is 2.56. The van der Waals surface area contributed by atoms with E-state index >= 15 is 0 Å². The lowest BCUT2D eigenvalue weighted by Gasteiger charge is -2.10. The molecule has 0 radical (unpaired) electrons. The van der Waals surface area contributed by atoms with Crippen molar-refractivity contribution in [3.8, 4) is 0 Å². The minimum Gasteiger partial charge on any atom is -0.465 e. The van der Waals surface area contributed by atoms with Crippen molar-refractivity contribution in [1.82, 2.24) is 4.98 Å². The second-order valence-electron chi connectivity index (χ2n) is 6.93. The van der Waals surface area contributed by atoms with Crippen LogP contribution in [0.1, 0.15) is 59.0 Å². The molecule has 0 aliphatic heterocycles. The molecule has 1 aromatic carbocycles. The van der Waals surface area contributed by atoms with Crippen LogP contribution in [-0.2, 0) is 11.2 Å². The van der Waals surface area contributed by atoms with Gasteiger partial charge in [0.2, 0.25) is 0 Å². The van der Waals surface area contributed by atoms with Crippen LogP contribution in [0, 0.1) is 0 Å². The number of aromatic nitrogens is 1. The third-order valence-electron chi connectivity index (χ3n) is 5.13. The average Bonchev–Trinajstić information content (AvgIpc) is 3.50. The van der Waals surface area contributed by atoms with E-state index in [0.29, 0.717) is 23.0 Å². The smallest absolute Gasteiger partial charge is 0.337 e. The summed E-state index contributed by atoms with van der Waals surface area (Å²) < 4.78 is 10.9. The Morgan fingerprint density at radius 1 is 1.26 bits per heavy atom. The van der Waals surface area contributed by atoms with E-state index in [4.69, 9.17) is 9.15 Å². The van der Waals surface area contributed by atoms with Crippen LogP contribution in [0.2, 0.25) is 0 Å². The molecule has 0 bridgehead atoms. The van der Waals surface area contributed by atoms with Gasteiger partial charge in [0.05, 0.1) is 18.1 Å². The Morgan fingerprint density at radius 2 is 2.11 bits per heavy atom. The highest BCUT2D eigenvalue weighted by atomic mass is 16.5. The van der Waals surface area contributed by atoms with Crippen molar-refractivity contribution in [2.75, 3.05) is 7.11 Å². The molecule has 2 aromatic heterocycles. The number of fused-ring (bicyclic) bond motifs is 1. The fourth-order valence-electron chi connectivity index (χ4n) is 3.69. The lowest BCUT2D eigenvalue weighted by Crippen LogP contribution is -2.14. The number of ether oxygens (including phenoxy) is 1. The number of benzene rings is 1. The summed E-state index contributed by atoms with van der Waals surface area (Å²) in [7, 11) is 1.32. The molecule has 0 saturated heterocycles. The highest BCUT2D eigenvalue weighted by Gasteiger charge is 2.44. The Morgan fingerprint density at radius 3 is 2.81 bits per heavy atom. The molecule has 3 aromatic rings. The summed E-state index contributed by atoms with van der Waals surface area (Å²) in [4.78, 5) is 29.4. The van der Waals surface area contributed by atoms with Gasteiger partial charge in [-0.2, -0.15) is 0 Å². The molecule has 0 amide bonds. The molecule has 0 N–H and O–H groups in total. The summed E-state index contributed by atoms with van der Waals surface area (Å²) in [6, 6.07) is 10.8. The van der Waals surface area contributed by atoms with Crippen molar-refractivity contribution < 1.29 is 13.9 Å². The number of pyridine rings is 1. The molecular formula is C22H21NO4. The van der Waals surface area contributed by atoms with Crippen LogP contribution in [-0.4, -0.2) is 18.1 Å². The van der Waals surface area contributed by atoms with E-state index in [2.05, 4.69) is 4.98 Å². The SMILES string of the molecule is CCCc1c(C2CC2c2ccccn2)oc2ccc(C(=O)OC)cc2c1=O. The predicted octanol–water partition coefficient (Wildman–Crippen LogP) is 4.20. The first-order valence-corrected chi connectivity index (χ1v) is 9.23. The van der Waals surface area contributed by atoms with Crippen molar-refractivity contribution in [3.63, 3.8) is 0 Å². The standard InChI is InChI=1S/C22H21NO4/c1-3-6-14-20(24)17-11-13(22(25)26-2)8-9-19(17)27-21(14)16-12-15(16)18-7-4-5-10-23-18/h4-5,7-11,15-16H,3,6,12H2,1-2H3. The van der Waals surface area contributed by atoms with Gasteiger partial charge in [0.1, 0.15) is 11.3 Å². The Balaban J connectivity index is 1.80. The molecule has 2 heterocycles. The summed E-state index contributed by atoms with van der Waals surface area (Å²) in [6.45, 7) is 2.04. The van der Waals surface area contributed by atoms with E-state index in [-0.39, 0.29) is 17.3 Å². The largest absolute Gasteiger partial charge is 0.465 e. The molecular weight excluding hydrogens is 342 g/mol. The Kier molecular flexibility index (Phi) is 4.52. The molecule has 4 rings (SSSR count). The van der Waals surface area contributed by atoms with E-state index in [1.807, 2.05) is 25.1 Å². The van der Waals surface area contributed by atoms with Gasteiger partial charge in [-0.3, -0.25) is 9.78 Å². The van der Waals surface area contributed by atoms with E-state index in [1.54, 1.807) is 24.4 Å². The van der Waals surface area contributed by atoms with Crippen LogP contribution in [0.4, 0.5) is 0 Å². The van der Waals surface area contributed by atoms with Crippen molar-refractivity contribution in [2.45, 2.75) is 38.0 Å². The van der Waals surface area contributed by atoms with Gasteiger partial charge in [-0.05, 0) is 43.2 Å². The zero-order valence-corrected chi connectivity index (χ0v) is 15.4. The molecule has 1 aliphatic rings. The molecule has 1 aliphatic carbocycles. The van der Waals surface area contributed by atoms with E-state index < -0.39 is 5.97 Å². The minimum absolute atomic E-state index is 0.0504. The van der Waals surface area contributed by atoms with Gasteiger partial charge >= 0.3 is 5.97 Å². The maximum Gasteiger partial charge on any atom is 0.337 e. The van der Waals surface area contributed by atoms with Crippen LogP contribution < -0.4 is 5.43 Å². The van der Waals surface area contributed by atoms with Crippen LogP contribution in [0.15, 0.2) is 51.8 Å². The zero-order valence-electron chi connectivity index (χ0n) is 15.4. The van der Waals surface area contributed by atoms with Gasteiger partial charge in [0, 0.05) is 29.3 Å². The highest BCUT2D eigenvalue weighted by Crippen LogP contribution is 2.54. The lowest BCUT2D eigenvalue weighted by atomic mass is 10.0. The van der Waals surface area contributed by atoms with Crippen molar-refractivity contribution in [3.05, 3.63) is 75.4 Å². The number of esters is 1.